The highest BCUT2D eigenvalue weighted by Crippen LogP contribution is 2.38. The number of benzene rings is 1. The molecule has 22 heavy (non-hydrogen) atoms. The maximum absolute atomic E-state index is 11.3. The first-order chi connectivity index (χ1) is 10.1. The van der Waals surface area contributed by atoms with Gasteiger partial charge in [-0.1, -0.05) is 10.3 Å². The molecule has 0 heterocycles. The molecule has 1 aliphatic carbocycles. The van der Waals surface area contributed by atoms with Crippen molar-refractivity contribution in [1.29, 1.82) is 0 Å². The second-order valence-corrected chi connectivity index (χ2v) is 7.32. The molecule has 0 radical (unpaired) electrons. The van der Waals surface area contributed by atoms with Gasteiger partial charge in [-0.2, -0.15) is 0 Å². The van der Waals surface area contributed by atoms with E-state index in [4.69, 9.17) is 10.4 Å². The highest BCUT2D eigenvalue weighted by Gasteiger charge is 2.38. The van der Waals surface area contributed by atoms with E-state index in [2.05, 4.69) is 10.3 Å². The fourth-order valence-electron chi connectivity index (χ4n) is 2.17. The van der Waals surface area contributed by atoms with Crippen molar-refractivity contribution in [3.8, 4) is 0 Å². The third-order valence-electron chi connectivity index (χ3n) is 3.13. The van der Waals surface area contributed by atoms with Crippen LogP contribution >= 0.6 is 0 Å². The summed E-state index contributed by atoms with van der Waals surface area (Å²) in [5, 5.41) is 21.6. The highest BCUT2D eigenvalue weighted by atomic mass is 32.3. The van der Waals surface area contributed by atoms with Crippen LogP contribution in [0, 0.1) is 0 Å². The molecule has 0 saturated carbocycles. The van der Waals surface area contributed by atoms with Crippen molar-refractivity contribution in [2.75, 3.05) is 0 Å². The Kier molecular flexibility index (Phi) is 4.16. The Balaban J connectivity index is 2.77. The minimum atomic E-state index is -4.95. The molecule has 0 fully saturated rings. The SMILES string of the molecule is O=[S+]([O-])([O-])c1ccc2c(c1)C([S+](=O)([O-])[O-])CC(=N/O)/C2=N\O. The molecular weight excluding hydrogens is 340 g/mol. The zero-order chi connectivity index (χ0) is 16.7. The summed E-state index contributed by atoms with van der Waals surface area (Å²) in [6.45, 7) is 0. The van der Waals surface area contributed by atoms with E-state index in [1.807, 2.05) is 0 Å². The summed E-state index contributed by atoms with van der Waals surface area (Å²) in [5.74, 6) is 0. The van der Waals surface area contributed by atoms with Gasteiger partial charge >= 0.3 is 0 Å². The zero-order valence-corrected chi connectivity index (χ0v) is 12.2. The van der Waals surface area contributed by atoms with Crippen LogP contribution in [0.2, 0.25) is 0 Å². The fourth-order valence-corrected chi connectivity index (χ4v) is 3.55. The average molecular weight is 348 g/mol. The Bertz CT molecular complexity index is 762. The smallest absolute Gasteiger partial charge is 0.153 e. The lowest BCUT2D eigenvalue weighted by molar-refractivity contribution is 0.312. The Labute approximate surface area is 126 Å². The lowest BCUT2D eigenvalue weighted by Gasteiger charge is -2.33. The Hall–Kier alpha value is -1.70. The number of fused-ring (bicyclic) bond motifs is 1. The quantitative estimate of drug-likeness (QED) is 0.424. The Morgan fingerprint density at radius 2 is 1.73 bits per heavy atom. The highest BCUT2D eigenvalue weighted by molar-refractivity contribution is 7.92. The largest absolute Gasteiger partial charge is 0.616 e. The van der Waals surface area contributed by atoms with Crippen LogP contribution in [0.15, 0.2) is 33.4 Å². The van der Waals surface area contributed by atoms with E-state index in [1.165, 1.54) is 0 Å². The summed E-state index contributed by atoms with van der Waals surface area (Å²) in [6.07, 6.45) is -0.628. The van der Waals surface area contributed by atoms with Crippen molar-refractivity contribution in [2.45, 2.75) is 16.6 Å². The summed E-state index contributed by atoms with van der Waals surface area (Å²) in [5.41, 5.74) is -1.13. The van der Waals surface area contributed by atoms with Gasteiger partial charge in [0.2, 0.25) is 0 Å². The van der Waals surface area contributed by atoms with Crippen LogP contribution in [0.1, 0.15) is 22.8 Å². The van der Waals surface area contributed by atoms with Crippen LogP contribution in [0.5, 0.6) is 0 Å². The van der Waals surface area contributed by atoms with Gasteiger partial charge in [0, 0.05) is 44.6 Å². The number of rotatable bonds is 2. The van der Waals surface area contributed by atoms with Crippen molar-refractivity contribution >= 4 is 32.4 Å². The normalized spacial score (nSPS) is 22.8. The van der Waals surface area contributed by atoms with Crippen LogP contribution < -0.4 is 0 Å². The summed E-state index contributed by atoms with van der Waals surface area (Å²) >= 11 is 0. The van der Waals surface area contributed by atoms with Crippen molar-refractivity contribution in [1.82, 2.24) is 0 Å². The lowest BCUT2D eigenvalue weighted by Crippen LogP contribution is -2.33. The number of oxime groups is 2. The molecule has 0 bridgehead atoms. The summed E-state index contributed by atoms with van der Waals surface area (Å²) in [6, 6.07) is 2.59. The molecule has 0 saturated heterocycles. The Morgan fingerprint density at radius 3 is 2.18 bits per heavy atom. The molecule has 0 aliphatic heterocycles. The molecule has 2 rings (SSSR count). The van der Waals surface area contributed by atoms with Gasteiger partial charge in [0.1, 0.15) is 16.7 Å². The minimum Gasteiger partial charge on any atom is -0.616 e. The molecule has 1 aliphatic rings. The van der Waals surface area contributed by atoms with Gasteiger partial charge in [-0.15, -0.1) is 8.42 Å². The van der Waals surface area contributed by atoms with E-state index in [0.717, 1.165) is 18.2 Å². The van der Waals surface area contributed by atoms with E-state index in [-0.39, 0.29) is 22.6 Å². The van der Waals surface area contributed by atoms with E-state index >= 15 is 0 Å². The first kappa shape index (κ1) is 16.7. The van der Waals surface area contributed by atoms with Gasteiger partial charge in [0.25, 0.3) is 0 Å². The number of hydrogen-bond donors (Lipinski definition) is 2. The van der Waals surface area contributed by atoms with Crippen LogP contribution in [0.25, 0.3) is 0 Å². The van der Waals surface area contributed by atoms with Gasteiger partial charge in [-0.25, -0.2) is 0 Å². The van der Waals surface area contributed by atoms with Crippen LogP contribution in [-0.4, -0.2) is 40.0 Å². The van der Waals surface area contributed by atoms with Crippen LogP contribution in [-0.2, 0) is 29.4 Å². The third kappa shape index (κ3) is 2.92. The zero-order valence-electron chi connectivity index (χ0n) is 10.6. The maximum Gasteiger partial charge on any atom is 0.153 e. The van der Waals surface area contributed by atoms with Gasteiger partial charge < -0.3 is 28.6 Å². The molecule has 1 atom stereocenters. The second kappa shape index (κ2) is 5.49. The molecule has 0 aromatic heterocycles. The van der Waals surface area contributed by atoms with E-state index in [9.17, 15) is 26.6 Å². The molecule has 1 aromatic rings. The topological polar surface area (TPSA) is 192 Å². The van der Waals surface area contributed by atoms with Gasteiger partial charge in [-0.3, -0.25) is 0 Å². The van der Waals surface area contributed by atoms with Crippen LogP contribution in [0.4, 0.5) is 0 Å². The van der Waals surface area contributed by atoms with Crippen molar-refractivity contribution in [3.05, 3.63) is 29.3 Å². The third-order valence-corrected chi connectivity index (χ3v) is 5.08. The standard InChI is InChI=1S/C10H8N2O8S2/c13-11-8-4-9(22(18,19)20)7-3-5(21(15,16)17)1-2-6(7)10(8)12-14/h1-3,9H,4H2,(H2-4,13,14,15,16,17,18,19,20)/q-2/b11-8-,12-10-. The van der Waals surface area contributed by atoms with Crippen molar-refractivity contribution < 1.29 is 37.0 Å². The van der Waals surface area contributed by atoms with Crippen molar-refractivity contribution in [3.63, 3.8) is 0 Å². The fraction of sp³-hybridized carbons (Fsp3) is 0.200. The maximum atomic E-state index is 11.3. The first-order valence-corrected chi connectivity index (χ1v) is 8.46. The molecule has 0 amide bonds. The van der Waals surface area contributed by atoms with Gasteiger partial charge in [0.15, 0.2) is 4.90 Å². The van der Waals surface area contributed by atoms with Gasteiger partial charge in [0.05, 0.1) is 0 Å². The lowest BCUT2D eigenvalue weighted by atomic mass is 9.88. The molecule has 2 N–H and O–H groups in total. The molecule has 1 unspecified atom stereocenters. The summed E-state index contributed by atoms with van der Waals surface area (Å²) in [4.78, 5) is -0.735. The monoisotopic (exact) mass is 348 g/mol. The molecule has 120 valence electrons. The van der Waals surface area contributed by atoms with E-state index < -0.39 is 37.6 Å². The predicted octanol–water partition coefficient (Wildman–Crippen LogP) is 0.0194. The molecule has 1 aromatic carbocycles. The molecule has 0 spiro atoms. The summed E-state index contributed by atoms with van der Waals surface area (Å²) in [7, 11) is -9.83. The molecule has 12 heteroatoms. The second-order valence-electron chi connectivity index (χ2n) is 4.38. The van der Waals surface area contributed by atoms with Crippen LogP contribution in [0.3, 0.4) is 0 Å². The predicted molar refractivity (Wildman–Crippen MR) is 68.8 cm³/mol. The van der Waals surface area contributed by atoms with Gasteiger partial charge in [-0.05, 0) is 12.1 Å². The van der Waals surface area contributed by atoms with E-state index in [0.29, 0.717) is 0 Å². The Morgan fingerprint density at radius 1 is 1.09 bits per heavy atom. The first-order valence-electron chi connectivity index (χ1n) is 5.58. The summed E-state index contributed by atoms with van der Waals surface area (Å²) < 4.78 is 67.1. The average Bonchev–Trinajstić information content (AvgIpc) is 2.42. The van der Waals surface area contributed by atoms with Crippen molar-refractivity contribution in [2.24, 2.45) is 10.3 Å². The van der Waals surface area contributed by atoms with E-state index in [1.54, 1.807) is 0 Å². The number of hydrogen-bond acceptors (Lipinski definition) is 10. The minimum absolute atomic E-state index is 0.127. The molecular formula is C10H8N2O8S2-2. The number of nitrogens with zero attached hydrogens (tertiary/aromatic N) is 2. The molecule has 10 nitrogen and oxygen atoms in total.